The highest BCUT2D eigenvalue weighted by atomic mass is 16.2. The van der Waals surface area contributed by atoms with Gasteiger partial charge in [-0.25, -0.2) is 4.98 Å². The molecule has 8 heteroatoms. The molecule has 2 aliphatic rings. The molecule has 3 heterocycles. The molecule has 1 aliphatic heterocycles. The van der Waals surface area contributed by atoms with Crippen LogP contribution in [0.5, 0.6) is 0 Å². The molecule has 1 amide bonds. The second kappa shape index (κ2) is 10.0. The zero-order valence-electron chi connectivity index (χ0n) is 20.8. The number of hydrogen-bond acceptors (Lipinski definition) is 6. The van der Waals surface area contributed by atoms with Gasteiger partial charge in [-0.15, -0.1) is 5.10 Å². The molecular formula is C29H29N7O. The highest BCUT2D eigenvalue weighted by molar-refractivity contribution is 5.94. The van der Waals surface area contributed by atoms with Crippen LogP contribution in [0.1, 0.15) is 59.5 Å². The summed E-state index contributed by atoms with van der Waals surface area (Å²) >= 11 is 0. The van der Waals surface area contributed by atoms with Gasteiger partial charge in [-0.2, -0.15) is 14.8 Å². The van der Waals surface area contributed by atoms with E-state index in [-0.39, 0.29) is 5.91 Å². The van der Waals surface area contributed by atoms with E-state index < -0.39 is 0 Å². The zero-order valence-corrected chi connectivity index (χ0v) is 20.8. The molecule has 2 fully saturated rings. The van der Waals surface area contributed by atoms with Crippen LogP contribution < -0.4 is 4.90 Å². The average molecular weight is 492 g/mol. The number of carbonyl (C=O) groups is 1. The summed E-state index contributed by atoms with van der Waals surface area (Å²) in [6.07, 6.45) is 8.38. The Bertz CT molecular complexity index is 1460. The largest absolute Gasteiger partial charge is 0.336 e. The predicted octanol–water partition coefficient (Wildman–Crippen LogP) is 4.67. The van der Waals surface area contributed by atoms with Gasteiger partial charge in [0, 0.05) is 43.5 Å². The van der Waals surface area contributed by atoms with E-state index in [1.54, 1.807) is 30.5 Å². The molecule has 6 rings (SSSR count). The number of nitriles is 1. The molecule has 186 valence electrons. The first-order chi connectivity index (χ1) is 18.2. The first-order valence-corrected chi connectivity index (χ1v) is 13.1. The molecule has 1 saturated carbocycles. The Kier molecular flexibility index (Phi) is 6.27. The van der Waals surface area contributed by atoms with Crippen molar-refractivity contribution in [3.05, 3.63) is 77.5 Å². The van der Waals surface area contributed by atoms with Crippen LogP contribution in [0.2, 0.25) is 0 Å². The number of nitrogens with zero attached hydrogens (tertiary/aromatic N) is 7. The lowest BCUT2D eigenvalue weighted by atomic mass is 9.84. The van der Waals surface area contributed by atoms with Gasteiger partial charge < -0.3 is 9.80 Å². The summed E-state index contributed by atoms with van der Waals surface area (Å²) in [6, 6.07) is 19.8. The molecule has 0 unspecified atom stereocenters. The maximum Gasteiger partial charge on any atom is 0.254 e. The smallest absolute Gasteiger partial charge is 0.254 e. The fourth-order valence-corrected chi connectivity index (χ4v) is 5.51. The van der Waals surface area contributed by atoms with Gasteiger partial charge in [0.25, 0.3) is 11.7 Å². The van der Waals surface area contributed by atoms with Gasteiger partial charge in [0.1, 0.15) is 0 Å². The minimum Gasteiger partial charge on any atom is -0.336 e. The molecule has 0 bridgehead atoms. The van der Waals surface area contributed by atoms with Gasteiger partial charge >= 0.3 is 0 Å². The summed E-state index contributed by atoms with van der Waals surface area (Å²) in [5, 5.41) is 13.9. The number of carbonyl (C=O) groups excluding carboxylic acids is 1. The molecule has 2 aromatic carbocycles. The van der Waals surface area contributed by atoms with Crippen LogP contribution in [-0.4, -0.2) is 56.6 Å². The van der Waals surface area contributed by atoms with E-state index >= 15 is 0 Å². The number of benzene rings is 2. The Hall–Kier alpha value is -4.25. The molecule has 1 saturated heterocycles. The van der Waals surface area contributed by atoms with Gasteiger partial charge in [-0.05, 0) is 48.6 Å². The number of hydrogen-bond donors (Lipinski definition) is 0. The third kappa shape index (κ3) is 4.65. The number of fused-ring (bicyclic) bond motifs is 1. The van der Waals surface area contributed by atoms with Crippen molar-refractivity contribution in [1.82, 2.24) is 24.5 Å². The lowest BCUT2D eigenvalue weighted by Gasteiger charge is -2.34. The molecule has 0 N–H and O–H groups in total. The van der Waals surface area contributed by atoms with E-state index in [1.807, 2.05) is 15.5 Å². The van der Waals surface area contributed by atoms with Crippen LogP contribution in [0, 0.1) is 11.3 Å². The molecule has 1 aliphatic carbocycles. The summed E-state index contributed by atoms with van der Waals surface area (Å²) in [5.74, 6) is 1.81. The van der Waals surface area contributed by atoms with Crippen molar-refractivity contribution in [3.63, 3.8) is 0 Å². The molecule has 37 heavy (non-hydrogen) atoms. The van der Waals surface area contributed by atoms with Gasteiger partial charge in [0.05, 0.1) is 17.3 Å². The second-order valence-corrected chi connectivity index (χ2v) is 9.88. The van der Waals surface area contributed by atoms with E-state index in [9.17, 15) is 4.79 Å². The Morgan fingerprint density at radius 1 is 0.946 bits per heavy atom. The van der Waals surface area contributed by atoms with Crippen LogP contribution in [0.4, 0.5) is 5.95 Å². The van der Waals surface area contributed by atoms with E-state index in [0.717, 1.165) is 11.3 Å². The number of aromatic nitrogens is 4. The fraction of sp³-hybridized carbons (Fsp3) is 0.345. The molecule has 4 aromatic rings. The third-order valence-electron chi connectivity index (χ3n) is 7.60. The normalized spacial score (nSPS) is 16.6. The first kappa shape index (κ1) is 23.2. The van der Waals surface area contributed by atoms with Gasteiger partial charge in [0.2, 0.25) is 5.95 Å². The van der Waals surface area contributed by atoms with E-state index in [4.69, 9.17) is 15.3 Å². The molecule has 2 aromatic heterocycles. The minimum atomic E-state index is -0.0552. The highest BCUT2D eigenvalue weighted by Gasteiger charge is 2.25. The highest BCUT2D eigenvalue weighted by Crippen LogP contribution is 2.33. The number of anilines is 1. The maximum absolute atomic E-state index is 12.9. The first-order valence-electron chi connectivity index (χ1n) is 13.1. The van der Waals surface area contributed by atoms with Crippen LogP contribution >= 0.6 is 0 Å². The van der Waals surface area contributed by atoms with Crippen molar-refractivity contribution < 1.29 is 4.79 Å². The lowest BCUT2D eigenvalue weighted by molar-refractivity contribution is 0.0746. The Balaban J connectivity index is 1.17. The number of amides is 1. The molecule has 0 atom stereocenters. The molecule has 0 spiro atoms. The minimum absolute atomic E-state index is 0.0552. The third-order valence-corrected chi connectivity index (χ3v) is 7.60. The fourth-order valence-electron chi connectivity index (χ4n) is 5.51. The second-order valence-electron chi connectivity index (χ2n) is 9.88. The SMILES string of the molecule is N#Cc1cccc(C(=O)N2CCN(c3nc4nccc(-c5ccc(C6CCCCC6)cc5)n4n3)CC2)c1. The molecular weight excluding hydrogens is 462 g/mol. The van der Waals surface area contributed by atoms with Crippen molar-refractivity contribution >= 4 is 17.6 Å². The van der Waals surface area contributed by atoms with Crippen molar-refractivity contribution in [1.29, 1.82) is 5.26 Å². The van der Waals surface area contributed by atoms with Crippen molar-refractivity contribution in [3.8, 4) is 17.3 Å². The van der Waals surface area contributed by atoms with Gasteiger partial charge in [-0.1, -0.05) is 49.6 Å². The summed E-state index contributed by atoms with van der Waals surface area (Å²) in [4.78, 5) is 26.0. The van der Waals surface area contributed by atoms with Crippen molar-refractivity contribution in [2.45, 2.75) is 38.0 Å². The predicted molar refractivity (Wildman–Crippen MR) is 141 cm³/mol. The maximum atomic E-state index is 12.9. The van der Waals surface area contributed by atoms with Crippen molar-refractivity contribution in [2.75, 3.05) is 31.1 Å². The zero-order chi connectivity index (χ0) is 25.2. The summed E-state index contributed by atoms with van der Waals surface area (Å²) in [7, 11) is 0. The van der Waals surface area contributed by atoms with Crippen LogP contribution in [0.25, 0.3) is 17.0 Å². The standard InChI is InChI=1S/C29H29N7O/c30-20-21-5-4-8-25(19-21)27(37)34-15-17-35(18-16-34)29-32-28-31-14-13-26(36(28)33-29)24-11-9-23(10-12-24)22-6-2-1-3-7-22/h4-5,8-14,19,22H,1-3,6-7,15-18H2. The molecule has 8 nitrogen and oxygen atoms in total. The molecule has 0 radical (unpaired) electrons. The van der Waals surface area contributed by atoms with Crippen LogP contribution in [-0.2, 0) is 0 Å². The monoisotopic (exact) mass is 491 g/mol. The van der Waals surface area contributed by atoms with E-state index in [1.165, 1.54) is 37.7 Å². The van der Waals surface area contributed by atoms with Crippen LogP contribution in [0.15, 0.2) is 60.8 Å². The summed E-state index contributed by atoms with van der Waals surface area (Å²) in [6.45, 7) is 2.39. The van der Waals surface area contributed by atoms with Crippen LogP contribution in [0.3, 0.4) is 0 Å². The van der Waals surface area contributed by atoms with Crippen molar-refractivity contribution in [2.24, 2.45) is 0 Å². The summed E-state index contributed by atoms with van der Waals surface area (Å²) < 4.78 is 1.82. The Morgan fingerprint density at radius 3 is 2.49 bits per heavy atom. The number of rotatable bonds is 4. The van der Waals surface area contributed by atoms with E-state index in [0.29, 0.717) is 54.9 Å². The van der Waals surface area contributed by atoms with Gasteiger partial charge in [0.15, 0.2) is 0 Å². The quantitative estimate of drug-likeness (QED) is 0.412. The van der Waals surface area contributed by atoms with Gasteiger partial charge in [-0.3, -0.25) is 4.79 Å². The number of piperazine rings is 1. The lowest BCUT2D eigenvalue weighted by Crippen LogP contribution is -2.49. The Morgan fingerprint density at radius 2 is 1.73 bits per heavy atom. The van der Waals surface area contributed by atoms with E-state index in [2.05, 4.69) is 40.2 Å². The Labute approximate surface area is 216 Å². The average Bonchev–Trinajstić information content (AvgIpc) is 3.42. The summed E-state index contributed by atoms with van der Waals surface area (Å²) in [5.41, 5.74) is 4.52. The topological polar surface area (TPSA) is 90.4 Å².